The van der Waals surface area contributed by atoms with Crippen molar-refractivity contribution in [3.63, 3.8) is 0 Å². The van der Waals surface area contributed by atoms with Crippen molar-refractivity contribution in [2.24, 2.45) is 5.92 Å². The molecule has 2 fully saturated rings. The van der Waals surface area contributed by atoms with Crippen LogP contribution in [0.25, 0.3) is 0 Å². The SMILES string of the molecule is C1CC(CNc2noc(C3CC3)n2)C1. The Morgan fingerprint density at radius 1 is 1.29 bits per heavy atom. The molecule has 0 radical (unpaired) electrons. The summed E-state index contributed by atoms with van der Waals surface area (Å²) in [5, 5.41) is 7.14. The van der Waals surface area contributed by atoms with E-state index in [0.717, 1.165) is 18.4 Å². The van der Waals surface area contributed by atoms with E-state index in [1.165, 1.54) is 32.1 Å². The van der Waals surface area contributed by atoms with Gasteiger partial charge < -0.3 is 9.84 Å². The molecule has 0 atom stereocenters. The molecule has 1 aromatic rings. The molecule has 14 heavy (non-hydrogen) atoms. The Morgan fingerprint density at radius 3 is 2.79 bits per heavy atom. The summed E-state index contributed by atoms with van der Waals surface area (Å²) in [6.45, 7) is 1.00. The minimum Gasteiger partial charge on any atom is -0.351 e. The summed E-state index contributed by atoms with van der Waals surface area (Å²) in [6.07, 6.45) is 6.50. The highest BCUT2D eigenvalue weighted by molar-refractivity contribution is 5.23. The zero-order valence-corrected chi connectivity index (χ0v) is 8.20. The highest BCUT2D eigenvalue weighted by atomic mass is 16.5. The molecule has 0 spiro atoms. The van der Waals surface area contributed by atoms with Gasteiger partial charge in [0.25, 0.3) is 5.95 Å². The molecule has 0 unspecified atom stereocenters. The largest absolute Gasteiger partial charge is 0.351 e. The molecule has 0 amide bonds. The highest BCUT2D eigenvalue weighted by Crippen LogP contribution is 2.39. The van der Waals surface area contributed by atoms with Gasteiger partial charge in [-0.2, -0.15) is 4.98 Å². The van der Waals surface area contributed by atoms with E-state index in [1.54, 1.807) is 0 Å². The lowest BCUT2D eigenvalue weighted by atomic mass is 9.85. The number of rotatable bonds is 4. The maximum absolute atomic E-state index is 5.15. The van der Waals surface area contributed by atoms with Gasteiger partial charge in [-0.15, -0.1) is 0 Å². The molecule has 1 N–H and O–H groups in total. The van der Waals surface area contributed by atoms with Gasteiger partial charge in [0, 0.05) is 12.5 Å². The molecule has 0 aliphatic heterocycles. The van der Waals surface area contributed by atoms with E-state index in [4.69, 9.17) is 4.52 Å². The standard InChI is InChI=1S/C10H15N3O/c1-2-7(3-1)6-11-10-12-9(14-13-10)8-4-5-8/h7-8H,1-6H2,(H,11,13). The fourth-order valence-corrected chi connectivity index (χ4v) is 1.74. The highest BCUT2D eigenvalue weighted by Gasteiger charge is 2.29. The van der Waals surface area contributed by atoms with Gasteiger partial charge in [0.05, 0.1) is 0 Å². The van der Waals surface area contributed by atoms with Crippen molar-refractivity contribution in [3.05, 3.63) is 5.89 Å². The van der Waals surface area contributed by atoms with Gasteiger partial charge >= 0.3 is 0 Å². The predicted molar refractivity (Wildman–Crippen MR) is 52.1 cm³/mol. The first-order chi connectivity index (χ1) is 6.92. The molecule has 0 bridgehead atoms. The van der Waals surface area contributed by atoms with Gasteiger partial charge in [-0.25, -0.2) is 0 Å². The summed E-state index contributed by atoms with van der Waals surface area (Å²) in [5.41, 5.74) is 0. The maximum atomic E-state index is 5.15. The molecule has 2 saturated carbocycles. The summed E-state index contributed by atoms with van der Waals surface area (Å²) < 4.78 is 5.15. The number of anilines is 1. The number of hydrogen-bond acceptors (Lipinski definition) is 4. The van der Waals surface area contributed by atoms with Crippen molar-refractivity contribution in [2.75, 3.05) is 11.9 Å². The summed E-state index contributed by atoms with van der Waals surface area (Å²) in [6, 6.07) is 0. The van der Waals surface area contributed by atoms with Crippen molar-refractivity contribution in [1.29, 1.82) is 0 Å². The van der Waals surface area contributed by atoms with Crippen molar-refractivity contribution < 1.29 is 4.52 Å². The number of nitrogens with one attached hydrogen (secondary N) is 1. The fourth-order valence-electron chi connectivity index (χ4n) is 1.74. The third kappa shape index (κ3) is 1.61. The van der Waals surface area contributed by atoms with Crippen LogP contribution in [-0.2, 0) is 0 Å². The molecule has 1 aromatic heterocycles. The van der Waals surface area contributed by atoms with Crippen molar-refractivity contribution in [3.8, 4) is 0 Å². The Balaban J connectivity index is 1.54. The first-order valence-electron chi connectivity index (χ1n) is 5.49. The fraction of sp³-hybridized carbons (Fsp3) is 0.800. The normalized spacial score (nSPS) is 22.0. The van der Waals surface area contributed by atoms with Crippen LogP contribution < -0.4 is 5.32 Å². The Hall–Kier alpha value is -1.06. The lowest BCUT2D eigenvalue weighted by Gasteiger charge is -2.24. The van der Waals surface area contributed by atoms with Crippen LogP contribution >= 0.6 is 0 Å². The average molecular weight is 193 g/mol. The van der Waals surface area contributed by atoms with Crippen LogP contribution in [0.15, 0.2) is 4.52 Å². The van der Waals surface area contributed by atoms with Crippen molar-refractivity contribution >= 4 is 5.95 Å². The van der Waals surface area contributed by atoms with Crippen LogP contribution in [0.4, 0.5) is 5.95 Å². The quantitative estimate of drug-likeness (QED) is 0.796. The van der Waals surface area contributed by atoms with Crippen molar-refractivity contribution in [2.45, 2.75) is 38.0 Å². The van der Waals surface area contributed by atoms with Crippen LogP contribution in [0.5, 0.6) is 0 Å². The molecule has 3 rings (SSSR count). The Bertz CT molecular complexity index is 315. The van der Waals surface area contributed by atoms with Gasteiger partial charge in [0.1, 0.15) is 0 Å². The van der Waals surface area contributed by atoms with Crippen LogP contribution in [0.2, 0.25) is 0 Å². The Kier molecular flexibility index (Phi) is 1.92. The molecule has 4 nitrogen and oxygen atoms in total. The van der Waals surface area contributed by atoms with Crippen LogP contribution in [0.1, 0.15) is 43.9 Å². The van der Waals surface area contributed by atoms with Gasteiger partial charge in [-0.3, -0.25) is 0 Å². The van der Waals surface area contributed by atoms with E-state index in [9.17, 15) is 0 Å². The molecule has 2 aliphatic rings. The van der Waals surface area contributed by atoms with Crippen molar-refractivity contribution in [1.82, 2.24) is 10.1 Å². The lowest BCUT2D eigenvalue weighted by Crippen LogP contribution is -2.21. The summed E-state index contributed by atoms with van der Waals surface area (Å²) in [5.74, 6) is 2.89. The number of hydrogen-bond donors (Lipinski definition) is 1. The zero-order chi connectivity index (χ0) is 9.38. The summed E-state index contributed by atoms with van der Waals surface area (Å²) in [4.78, 5) is 4.31. The van der Waals surface area contributed by atoms with Crippen LogP contribution in [0.3, 0.4) is 0 Å². The molecule has 1 heterocycles. The van der Waals surface area contributed by atoms with E-state index in [2.05, 4.69) is 15.5 Å². The molecule has 0 aromatic carbocycles. The van der Waals surface area contributed by atoms with Gasteiger partial charge in [0.2, 0.25) is 5.89 Å². The molecule has 4 heteroatoms. The van der Waals surface area contributed by atoms with Crippen LogP contribution in [-0.4, -0.2) is 16.7 Å². The lowest BCUT2D eigenvalue weighted by molar-refractivity contribution is 0.332. The average Bonchev–Trinajstić information content (AvgIpc) is 2.85. The molecule has 0 saturated heterocycles. The van der Waals surface area contributed by atoms with Gasteiger partial charge in [-0.05, 0) is 36.8 Å². The predicted octanol–water partition coefficient (Wildman–Crippen LogP) is 2.16. The smallest absolute Gasteiger partial charge is 0.263 e. The van der Waals surface area contributed by atoms with Gasteiger partial charge in [-0.1, -0.05) is 6.42 Å². The minimum atomic E-state index is 0.557. The summed E-state index contributed by atoms with van der Waals surface area (Å²) >= 11 is 0. The van der Waals surface area contributed by atoms with E-state index < -0.39 is 0 Å². The van der Waals surface area contributed by atoms with E-state index in [1.807, 2.05) is 0 Å². The monoisotopic (exact) mass is 193 g/mol. The van der Waals surface area contributed by atoms with E-state index in [0.29, 0.717) is 11.9 Å². The van der Waals surface area contributed by atoms with E-state index in [-0.39, 0.29) is 0 Å². The zero-order valence-electron chi connectivity index (χ0n) is 8.20. The van der Waals surface area contributed by atoms with Crippen LogP contribution in [0, 0.1) is 5.92 Å². The second-order valence-corrected chi connectivity index (χ2v) is 4.41. The first-order valence-corrected chi connectivity index (χ1v) is 5.49. The number of nitrogens with zero attached hydrogens (tertiary/aromatic N) is 2. The third-order valence-corrected chi connectivity index (χ3v) is 3.14. The third-order valence-electron chi connectivity index (χ3n) is 3.14. The molecular formula is C10H15N3O. The molecular weight excluding hydrogens is 178 g/mol. The second kappa shape index (κ2) is 3.26. The Labute approximate surface area is 83.1 Å². The molecule has 2 aliphatic carbocycles. The second-order valence-electron chi connectivity index (χ2n) is 4.41. The van der Waals surface area contributed by atoms with Gasteiger partial charge in [0.15, 0.2) is 0 Å². The summed E-state index contributed by atoms with van der Waals surface area (Å²) in [7, 11) is 0. The van der Waals surface area contributed by atoms with E-state index >= 15 is 0 Å². The minimum absolute atomic E-state index is 0.557. The Morgan fingerprint density at radius 2 is 2.14 bits per heavy atom. The topological polar surface area (TPSA) is 51.0 Å². The molecule has 76 valence electrons. The first kappa shape index (κ1) is 8.26. The maximum Gasteiger partial charge on any atom is 0.263 e. The number of aromatic nitrogens is 2.